The van der Waals surface area contributed by atoms with E-state index in [1.165, 1.54) is 0 Å². The summed E-state index contributed by atoms with van der Waals surface area (Å²) < 4.78 is 5.04. The Hall–Kier alpha value is -2.05. The lowest BCUT2D eigenvalue weighted by Gasteiger charge is -2.11. The fraction of sp³-hybridized carbons (Fsp3) is 0.154. The summed E-state index contributed by atoms with van der Waals surface area (Å²) in [6.45, 7) is 3.73. The van der Waals surface area contributed by atoms with Gasteiger partial charge in [0.15, 0.2) is 5.58 Å². The van der Waals surface area contributed by atoms with Crippen LogP contribution in [0.2, 0.25) is 0 Å². The Morgan fingerprint density at radius 1 is 1.62 bits per heavy atom. The van der Waals surface area contributed by atoms with E-state index < -0.39 is 6.10 Å². The Morgan fingerprint density at radius 3 is 3.12 bits per heavy atom. The summed E-state index contributed by atoms with van der Waals surface area (Å²) in [5.74, 6) is 2.44. The number of rotatable bonds is 3. The highest BCUT2D eigenvalue weighted by molar-refractivity contribution is 5.87. The van der Waals surface area contributed by atoms with Crippen molar-refractivity contribution in [3.8, 4) is 12.3 Å². The molecule has 0 saturated carbocycles. The monoisotopic (exact) mass is 213 g/mol. The number of benzene rings is 1. The molecular formula is C13H11NO2. The van der Waals surface area contributed by atoms with Crippen LogP contribution in [0, 0.1) is 12.3 Å². The van der Waals surface area contributed by atoms with E-state index in [-0.39, 0.29) is 6.42 Å². The zero-order valence-electron chi connectivity index (χ0n) is 8.68. The Balaban J connectivity index is 2.61. The summed E-state index contributed by atoms with van der Waals surface area (Å²) in [7, 11) is 0. The fourth-order valence-corrected chi connectivity index (χ4v) is 1.72. The van der Waals surface area contributed by atoms with Crippen molar-refractivity contribution in [2.45, 2.75) is 12.5 Å². The largest absolute Gasteiger partial charge is 0.387 e. The van der Waals surface area contributed by atoms with Crippen molar-refractivity contribution in [2.75, 3.05) is 0 Å². The molecule has 3 heteroatoms. The van der Waals surface area contributed by atoms with Crippen LogP contribution in [0.5, 0.6) is 0 Å². The van der Waals surface area contributed by atoms with Crippen LogP contribution in [-0.2, 0) is 0 Å². The molecule has 1 atom stereocenters. The van der Waals surface area contributed by atoms with Gasteiger partial charge in [-0.1, -0.05) is 23.9 Å². The third-order valence-corrected chi connectivity index (χ3v) is 2.49. The Kier molecular flexibility index (Phi) is 2.76. The molecule has 16 heavy (non-hydrogen) atoms. The lowest BCUT2D eigenvalue weighted by Crippen LogP contribution is -1.98. The predicted molar refractivity (Wildman–Crippen MR) is 62.5 cm³/mol. The molecule has 1 unspecified atom stereocenters. The molecule has 0 amide bonds. The van der Waals surface area contributed by atoms with Gasteiger partial charge in [-0.2, -0.15) is 0 Å². The summed E-state index contributed by atoms with van der Waals surface area (Å²) in [6, 6.07) is 3.55. The van der Waals surface area contributed by atoms with Crippen molar-refractivity contribution in [1.29, 1.82) is 0 Å². The minimum absolute atomic E-state index is 0.275. The van der Waals surface area contributed by atoms with Gasteiger partial charge in [-0.25, -0.2) is 0 Å². The molecule has 1 aromatic carbocycles. The summed E-state index contributed by atoms with van der Waals surface area (Å²) in [6.07, 6.45) is 8.06. The van der Waals surface area contributed by atoms with Gasteiger partial charge in [-0.3, -0.25) is 0 Å². The molecule has 1 N–H and O–H groups in total. The normalized spacial score (nSPS) is 12.2. The van der Waals surface area contributed by atoms with Crippen molar-refractivity contribution in [3.05, 3.63) is 36.0 Å². The van der Waals surface area contributed by atoms with Gasteiger partial charge in [-0.15, -0.1) is 12.3 Å². The Bertz CT molecular complexity index is 563. The first-order valence-corrected chi connectivity index (χ1v) is 4.89. The zero-order chi connectivity index (χ0) is 11.5. The van der Waals surface area contributed by atoms with Crippen molar-refractivity contribution >= 4 is 17.0 Å². The van der Waals surface area contributed by atoms with E-state index in [2.05, 4.69) is 17.7 Å². The SMILES string of the molecule is C#CCC(O)c1ccc2oncc2c1C=C. The van der Waals surface area contributed by atoms with Gasteiger partial charge in [0, 0.05) is 11.8 Å². The number of terminal acetylenes is 1. The van der Waals surface area contributed by atoms with E-state index in [0.717, 1.165) is 16.5 Å². The molecule has 0 radical (unpaired) electrons. The van der Waals surface area contributed by atoms with Gasteiger partial charge in [-0.05, 0) is 17.2 Å². The number of aliphatic hydroxyl groups is 1. The van der Waals surface area contributed by atoms with E-state index in [0.29, 0.717) is 5.58 Å². The molecule has 0 saturated heterocycles. The Morgan fingerprint density at radius 2 is 2.44 bits per heavy atom. The van der Waals surface area contributed by atoms with Crippen LogP contribution in [-0.4, -0.2) is 10.3 Å². The first-order valence-electron chi connectivity index (χ1n) is 4.89. The summed E-state index contributed by atoms with van der Waals surface area (Å²) >= 11 is 0. The van der Waals surface area contributed by atoms with Gasteiger partial charge in [0.25, 0.3) is 0 Å². The predicted octanol–water partition coefficient (Wildman–Crippen LogP) is 2.53. The van der Waals surface area contributed by atoms with E-state index >= 15 is 0 Å². The van der Waals surface area contributed by atoms with Gasteiger partial charge >= 0.3 is 0 Å². The van der Waals surface area contributed by atoms with Crippen LogP contribution in [0.25, 0.3) is 17.0 Å². The zero-order valence-corrected chi connectivity index (χ0v) is 8.68. The summed E-state index contributed by atoms with van der Waals surface area (Å²) in [4.78, 5) is 0. The lowest BCUT2D eigenvalue weighted by atomic mass is 9.97. The molecule has 1 aromatic heterocycles. The fourth-order valence-electron chi connectivity index (χ4n) is 1.72. The van der Waals surface area contributed by atoms with Crippen molar-refractivity contribution in [1.82, 2.24) is 5.16 Å². The standard InChI is InChI=1S/C13H11NO2/c1-3-5-12(15)10-6-7-13-11(8-14-16-13)9(10)4-2/h1,4,6-8,12,15H,2,5H2. The molecule has 0 bridgehead atoms. The molecule has 2 rings (SSSR count). The maximum atomic E-state index is 9.89. The van der Waals surface area contributed by atoms with Crippen LogP contribution in [0.4, 0.5) is 0 Å². The number of hydrogen-bond donors (Lipinski definition) is 1. The van der Waals surface area contributed by atoms with Gasteiger partial charge in [0.1, 0.15) is 0 Å². The topological polar surface area (TPSA) is 46.3 Å². The molecular weight excluding hydrogens is 202 g/mol. The van der Waals surface area contributed by atoms with E-state index in [1.807, 2.05) is 0 Å². The van der Waals surface area contributed by atoms with E-state index in [4.69, 9.17) is 10.9 Å². The average molecular weight is 213 g/mol. The maximum absolute atomic E-state index is 9.89. The number of nitrogens with zero attached hydrogens (tertiary/aromatic N) is 1. The van der Waals surface area contributed by atoms with Gasteiger partial charge in [0.2, 0.25) is 0 Å². The van der Waals surface area contributed by atoms with Crippen LogP contribution < -0.4 is 0 Å². The summed E-state index contributed by atoms with van der Waals surface area (Å²) in [5, 5.41) is 14.4. The maximum Gasteiger partial charge on any atom is 0.167 e. The quantitative estimate of drug-likeness (QED) is 0.797. The molecule has 0 spiro atoms. The molecule has 0 fully saturated rings. The minimum Gasteiger partial charge on any atom is -0.387 e. The molecule has 0 aliphatic heterocycles. The molecule has 0 aliphatic rings. The second-order valence-electron chi connectivity index (χ2n) is 3.43. The van der Waals surface area contributed by atoms with Crippen LogP contribution in [0.3, 0.4) is 0 Å². The van der Waals surface area contributed by atoms with E-state index in [9.17, 15) is 5.11 Å². The van der Waals surface area contributed by atoms with Crippen LogP contribution in [0.15, 0.2) is 29.4 Å². The first kappa shape index (κ1) is 10.5. The van der Waals surface area contributed by atoms with Crippen LogP contribution in [0.1, 0.15) is 23.7 Å². The highest BCUT2D eigenvalue weighted by Gasteiger charge is 2.14. The molecule has 0 aliphatic carbocycles. The second-order valence-corrected chi connectivity index (χ2v) is 3.43. The van der Waals surface area contributed by atoms with Crippen LogP contribution >= 0.6 is 0 Å². The highest BCUT2D eigenvalue weighted by atomic mass is 16.5. The van der Waals surface area contributed by atoms with E-state index in [1.54, 1.807) is 24.4 Å². The van der Waals surface area contributed by atoms with Gasteiger partial charge in [0.05, 0.1) is 12.3 Å². The molecule has 1 heterocycles. The molecule has 80 valence electrons. The minimum atomic E-state index is -0.683. The highest BCUT2D eigenvalue weighted by Crippen LogP contribution is 2.28. The third-order valence-electron chi connectivity index (χ3n) is 2.49. The lowest BCUT2D eigenvalue weighted by molar-refractivity contribution is 0.184. The first-order chi connectivity index (χ1) is 7.77. The number of hydrogen-bond acceptors (Lipinski definition) is 3. The second kappa shape index (κ2) is 4.21. The molecule has 3 nitrogen and oxygen atoms in total. The summed E-state index contributed by atoms with van der Waals surface area (Å²) in [5.41, 5.74) is 2.25. The average Bonchev–Trinajstić information content (AvgIpc) is 2.75. The van der Waals surface area contributed by atoms with Gasteiger partial charge < -0.3 is 9.63 Å². The van der Waals surface area contributed by atoms with Crippen molar-refractivity contribution in [2.24, 2.45) is 0 Å². The smallest absolute Gasteiger partial charge is 0.167 e. The van der Waals surface area contributed by atoms with Crippen molar-refractivity contribution in [3.63, 3.8) is 0 Å². The van der Waals surface area contributed by atoms with Crippen molar-refractivity contribution < 1.29 is 9.63 Å². The third kappa shape index (κ3) is 1.60. The Labute approximate surface area is 93.4 Å². The number of aliphatic hydroxyl groups excluding tert-OH is 1. The number of aromatic nitrogens is 1. The molecule has 2 aromatic rings. The number of fused-ring (bicyclic) bond motifs is 1.